The van der Waals surface area contributed by atoms with Crippen molar-refractivity contribution in [2.75, 3.05) is 19.9 Å². The fourth-order valence-corrected chi connectivity index (χ4v) is 7.90. The Kier molecular flexibility index (Phi) is 4.36. The van der Waals surface area contributed by atoms with Gasteiger partial charge in [-0.3, -0.25) is 14.5 Å². The number of rotatable bonds is 5. The van der Waals surface area contributed by atoms with E-state index in [1.54, 1.807) is 6.07 Å². The van der Waals surface area contributed by atoms with Gasteiger partial charge in [-0.2, -0.15) is 0 Å². The predicted molar refractivity (Wildman–Crippen MR) is 130 cm³/mol. The number of benzene rings is 2. The number of ether oxygens (including phenoxy) is 4. The number of likely N-dealkylation sites (tertiary alicyclic amines) is 1. The predicted octanol–water partition coefficient (Wildman–Crippen LogP) is 3.05. The molecule has 1 saturated heterocycles. The summed E-state index contributed by atoms with van der Waals surface area (Å²) in [5.74, 6) is 2.16. The van der Waals surface area contributed by atoms with Crippen LogP contribution in [0, 0.1) is 5.92 Å². The second kappa shape index (κ2) is 7.40. The molecular weight excluding hydrogens is 474 g/mol. The van der Waals surface area contributed by atoms with Crippen molar-refractivity contribution >= 4 is 11.8 Å². The summed E-state index contributed by atoms with van der Waals surface area (Å²) in [6.07, 6.45) is 3.97. The zero-order chi connectivity index (χ0) is 24.9. The van der Waals surface area contributed by atoms with Crippen molar-refractivity contribution in [2.45, 2.75) is 68.1 Å². The highest BCUT2D eigenvalue weighted by molar-refractivity contribution is 5.90. The monoisotopic (exact) mass is 503 g/mol. The summed E-state index contributed by atoms with van der Waals surface area (Å²) in [5.41, 5.74) is 1.11. The zero-order valence-corrected chi connectivity index (χ0v) is 20.5. The van der Waals surface area contributed by atoms with Gasteiger partial charge in [-0.05, 0) is 73.9 Å². The first-order chi connectivity index (χ1) is 18.0. The molecule has 3 aliphatic heterocycles. The molecule has 8 nitrogen and oxygen atoms in total. The van der Waals surface area contributed by atoms with Crippen LogP contribution >= 0.6 is 0 Å². The third-order valence-corrected chi connectivity index (χ3v) is 9.60. The fraction of sp³-hybridized carbons (Fsp3) is 0.517. The molecule has 8 rings (SSSR count). The van der Waals surface area contributed by atoms with Crippen molar-refractivity contribution < 1.29 is 33.6 Å². The summed E-state index contributed by atoms with van der Waals surface area (Å²) < 4.78 is 23.9. The molecule has 37 heavy (non-hydrogen) atoms. The fourth-order valence-electron chi connectivity index (χ4n) is 7.90. The molecule has 6 aliphatic rings. The van der Waals surface area contributed by atoms with E-state index in [0.29, 0.717) is 48.8 Å². The third-order valence-electron chi connectivity index (χ3n) is 9.60. The number of ketones is 1. The SMILES string of the molecule is O=C(Cc1ccc2c(c1)OCO2)O[C@@]12CCC(=O)[C@@H]3Oc4c(O)ccc5c4[C@@]31CCN(CC1CC1)C2C5. The van der Waals surface area contributed by atoms with Crippen LogP contribution in [0.4, 0.5) is 0 Å². The van der Waals surface area contributed by atoms with Gasteiger partial charge in [-0.15, -0.1) is 0 Å². The molecule has 1 spiro atoms. The van der Waals surface area contributed by atoms with Gasteiger partial charge >= 0.3 is 5.97 Å². The molecule has 2 bridgehead atoms. The van der Waals surface area contributed by atoms with Crippen LogP contribution in [0.2, 0.25) is 0 Å². The van der Waals surface area contributed by atoms with Crippen LogP contribution in [0.15, 0.2) is 30.3 Å². The lowest BCUT2D eigenvalue weighted by atomic mass is 9.48. The molecule has 1 unspecified atom stereocenters. The summed E-state index contributed by atoms with van der Waals surface area (Å²) in [7, 11) is 0. The molecular formula is C29H29NO7. The smallest absolute Gasteiger partial charge is 0.310 e. The van der Waals surface area contributed by atoms with Crippen molar-refractivity contribution in [2.24, 2.45) is 5.92 Å². The van der Waals surface area contributed by atoms with Crippen LogP contribution < -0.4 is 14.2 Å². The van der Waals surface area contributed by atoms with Crippen LogP contribution in [0.1, 0.15) is 48.8 Å². The number of carbonyl (C=O) groups is 2. The van der Waals surface area contributed by atoms with Gasteiger partial charge < -0.3 is 24.1 Å². The zero-order valence-electron chi connectivity index (χ0n) is 20.5. The van der Waals surface area contributed by atoms with E-state index in [0.717, 1.165) is 29.8 Å². The molecule has 2 aromatic carbocycles. The minimum absolute atomic E-state index is 0.0280. The molecule has 4 atom stereocenters. The number of esters is 1. The Hall–Kier alpha value is -3.26. The van der Waals surface area contributed by atoms with Crippen LogP contribution in [0.5, 0.6) is 23.0 Å². The average molecular weight is 504 g/mol. The highest BCUT2D eigenvalue weighted by atomic mass is 16.7. The Morgan fingerprint density at radius 2 is 2.00 bits per heavy atom. The number of phenols is 1. The van der Waals surface area contributed by atoms with Gasteiger partial charge in [-0.1, -0.05) is 12.1 Å². The number of Topliss-reactive ketones (excluding diaryl/α,β-unsaturated/α-hetero) is 1. The first-order valence-corrected chi connectivity index (χ1v) is 13.4. The van der Waals surface area contributed by atoms with Gasteiger partial charge in [0.2, 0.25) is 6.79 Å². The second-order valence-corrected chi connectivity index (χ2v) is 11.5. The van der Waals surface area contributed by atoms with E-state index in [1.165, 1.54) is 12.8 Å². The van der Waals surface area contributed by atoms with Crippen LogP contribution in [0.25, 0.3) is 0 Å². The molecule has 0 aromatic heterocycles. The minimum atomic E-state index is -0.891. The summed E-state index contributed by atoms with van der Waals surface area (Å²) in [5, 5.41) is 10.7. The number of phenolic OH excluding ortho intramolecular Hbond substituents is 1. The van der Waals surface area contributed by atoms with Crippen LogP contribution in [0.3, 0.4) is 0 Å². The van der Waals surface area contributed by atoms with Gasteiger partial charge in [0.15, 0.2) is 34.9 Å². The average Bonchev–Trinajstić information content (AvgIpc) is 3.44. The van der Waals surface area contributed by atoms with Crippen molar-refractivity contribution in [3.8, 4) is 23.0 Å². The van der Waals surface area contributed by atoms with Crippen molar-refractivity contribution in [3.05, 3.63) is 47.0 Å². The minimum Gasteiger partial charge on any atom is -0.504 e. The molecule has 2 saturated carbocycles. The second-order valence-electron chi connectivity index (χ2n) is 11.5. The topological polar surface area (TPSA) is 94.5 Å². The van der Waals surface area contributed by atoms with Crippen molar-refractivity contribution in [3.63, 3.8) is 0 Å². The van der Waals surface area contributed by atoms with Gasteiger partial charge in [0.25, 0.3) is 0 Å². The molecule has 192 valence electrons. The Morgan fingerprint density at radius 3 is 2.86 bits per heavy atom. The van der Waals surface area contributed by atoms with Gasteiger partial charge in [0.1, 0.15) is 5.60 Å². The molecule has 3 fully saturated rings. The van der Waals surface area contributed by atoms with Crippen molar-refractivity contribution in [1.29, 1.82) is 0 Å². The summed E-state index contributed by atoms with van der Waals surface area (Å²) in [4.78, 5) is 29.5. The molecule has 0 radical (unpaired) electrons. The lowest BCUT2D eigenvalue weighted by Crippen LogP contribution is -2.77. The van der Waals surface area contributed by atoms with Crippen LogP contribution in [-0.4, -0.2) is 59.4 Å². The highest BCUT2D eigenvalue weighted by Gasteiger charge is 2.75. The Bertz CT molecular complexity index is 1350. The Balaban J connectivity index is 1.22. The van der Waals surface area contributed by atoms with E-state index >= 15 is 0 Å². The van der Waals surface area contributed by atoms with E-state index in [4.69, 9.17) is 18.9 Å². The standard InChI is InChI=1S/C29H29NO7/c31-19-5-4-18-13-23-29(37-24(33)12-17-3-6-21-22(11-17)35-15-34-21)8-7-20(32)27-28(29,25(18)26(19)36-27)9-10-30(23)14-16-1-2-16/h3-6,11,16,23,27,31H,1-2,7-10,12-15H2/t23?,27-,28-,29+/m0/s1. The number of piperidine rings is 1. The summed E-state index contributed by atoms with van der Waals surface area (Å²) in [6, 6.07) is 9.12. The van der Waals surface area contributed by atoms with Gasteiger partial charge in [0, 0.05) is 18.5 Å². The maximum Gasteiger partial charge on any atom is 0.310 e. The van der Waals surface area contributed by atoms with Crippen LogP contribution in [-0.2, 0) is 32.6 Å². The summed E-state index contributed by atoms with van der Waals surface area (Å²) >= 11 is 0. The lowest BCUT2D eigenvalue weighted by molar-refractivity contribution is -0.215. The van der Waals surface area contributed by atoms with E-state index < -0.39 is 17.1 Å². The molecule has 3 aliphatic carbocycles. The molecule has 1 N–H and O–H groups in total. The lowest BCUT2D eigenvalue weighted by Gasteiger charge is -2.63. The quantitative estimate of drug-likeness (QED) is 0.623. The van der Waals surface area contributed by atoms with E-state index in [9.17, 15) is 14.7 Å². The number of carbonyl (C=O) groups excluding carboxylic acids is 2. The number of hydrogen-bond donors (Lipinski definition) is 1. The first-order valence-electron chi connectivity index (χ1n) is 13.4. The normalized spacial score (nSPS) is 32.6. The molecule has 8 heteroatoms. The largest absolute Gasteiger partial charge is 0.504 e. The molecule has 3 heterocycles. The van der Waals surface area contributed by atoms with Crippen molar-refractivity contribution in [1.82, 2.24) is 4.90 Å². The number of aromatic hydroxyl groups is 1. The van der Waals surface area contributed by atoms with E-state index in [1.807, 2.05) is 24.3 Å². The van der Waals surface area contributed by atoms with Gasteiger partial charge in [0.05, 0.1) is 17.9 Å². The summed E-state index contributed by atoms with van der Waals surface area (Å²) in [6.45, 7) is 1.99. The third kappa shape index (κ3) is 2.87. The Morgan fingerprint density at radius 1 is 1.14 bits per heavy atom. The van der Waals surface area contributed by atoms with E-state index in [2.05, 4.69) is 4.90 Å². The maximum atomic E-state index is 13.7. The molecule has 2 aromatic rings. The first kappa shape index (κ1) is 21.8. The van der Waals surface area contributed by atoms with Gasteiger partial charge in [-0.25, -0.2) is 0 Å². The number of nitrogens with zero attached hydrogens (tertiary/aromatic N) is 1. The highest BCUT2D eigenvalue weighted by Crippen LogP contribution is 2.66. The maximum absolute atomic E-state index is 13.7. The van der Waals surface area contributed by atoms with E-state index in [-0.39, 0.29) is 36.8 Å². The molecule has 0 amide bonds. The number of hydrogen-bond acceptors (Lipinski definition) is 8. The Labute approximate surface area is 214 Å². The number of fused-ring (bicyclic) bond motifs is 1.